The number of nitrogens with zero attached hydrogens (tertiary/aromatic N) is 8. The Morgan fingerprint density at radius 1 is 1.18 bits per heavy atom. The van der Waals surface area contributed by atoms with E-state index in [2.05, 4.69) is 35.9 Å². The fourth-order valence-electron chi connectivity index (χ4n) is 3.76. The van der Waals surface area contributed by atoms with Crippen LogP contribution in [0.15, 0.2) is 49.2 Å². The Morgan fingerprint density at radius 2 is 1.95 bits per heavy atom. The van der Waals surface area contributed by atoms with Crippen molar-refractivity contribution in [1.29, 1.82) is 5.26 Å². The Hall–Kier alpha value is -4.86. The molecule has 4 aromatic rings. The van der Waals surface area contributed by atoms with Crippen LogP contribution in [-0.2, 0) is 16.1 Å². The molecule has 13 heteroatoms. The van der Waals surface area contributed by atoms with E-state index in [1.54, 1.807) is 68.6 Å². The van der Waals surface area contributed by atoms with Gasteiger partial charge in [0.1, 0.15) is 17.4 Å². The molecule has 0 bridgehead atoms. The molecule has 0 fully saturated rings. The minimum absolute atomic E-state index is 0.00905. The fourth-order valence-corrected chi connectivity index (χ4v) is 3.76. The summed E-state index contributed by atoms with van der Waals surface area (Å²) in [5.41, 5.74) is 1.23. The monoisotopic (exact) mass is 532 g/mol. The Balaban J connectivity index is 1.58. The third kappa shape index (κ3) is 7.35. The number of carbonyl (C=O) groups excluding carboxylic acids is 1. The number of carbonyl (C=O) groups is 1. The van der Waals surface area contributed by atoms with E-state index in [0.717, 1.165) is 6.07 Å². The fraction of sp³-hybridized carbons (Fsp3) is 0.346. The van der Waals surface area contributed by atoms with Crippen molar-refractivity contribution in [2.24, 2.45) is 0 Å². The molecule has 0 saturated heterocycles. The molecule has 39 heavy (non-hydrogen) atoms. The number of nitriles is 1. The average molecular weight is 533 g/mol. The van der Waals surface area contributed by atoms with E-state index in [9.17, 15) is 10.1 Å². The van der Waals surface area contributed by atoms with Crippen LogP contribution in [0, 0.1) is 24.1 Å². The number of nitrogens with one attached hydrogen (secondary N) is 2. The maximum atomic E-state index is 15.1. The summed E-state index contributed by atoms with van der Waals surface area (Å²) in [6.45, 7) is 7.56. The second-order valence-corrected chi connectivity index (χ2v) is 9.79. The molecule has 0 spiro atoms. The summed E-state index contributed by atoms with van der Waals surface area (Å²) in [5, 5.41) is 28.3. The van der Waals surface area contributed by atoms with Gasteiger partial charge in [-0.25, -0.2) is 9.37 Å². The molecular weight excluding hydrogens is 503 g/mol. The summed E-state index contributed by atoms with van der Waals surface area (Å²) in [4.78, 5) is 22.5. The molecule has 2 N–H and O–H groups in total. The average Bonchev–Trinajstić information content (AvgIpc) is 3.59. The number of rotatable bonds is 10. The lowest BCUT2D eigenvalue weighted by Crippen LogP contribution is -2.29. The number of ether oxygens (including phenoxy) is 1. The highest BCUT2D eigenvalue weighted by Gasteiger charge is 2.21. The van der Waals surface area contributed by atoms with Gasteiger partial charge in [-0.2, -0.15) is 20.6 Å². The van der Waals surface area contributed by atoms with E-state index in [4.69, 9.17) is 4.74 Å². The van der Waals surface area contributed by atoms with E-state index in [0.29, 0.717) is 30.0 Å². The summed E-state index contributed by atoms with van der Waals surface area (Å²) in [6.07, 6.45) is 8.52. The molecule has 0 aliphatic carbocycles. The Kier molecular flexibility index (Phi) is 8.14. The van der Waals surface area contributed by atoms with Crippen LogP contribution in [0.2, 0.25) is 0 Å². The third-order valence-corrected chi connectivity index (χ3v) is 5.48. The van der Waals surface area contributed by atoms with Crippen molar-refractivity contribution in [2.75, 3.05) is 10.6 Å². The topological polar surface area (TPSA) is 148 Å². The lowest BCUT2D eigenvalue weighted by molar-refractivity contribution is -0.155. The van der Waals surface area contributed by atoms with Gasteiger partial charge in [-0.3, -0.25) is 14.5 Å². The lowest BCUT2D eigenvalue weighted by Gasteiger charge is -2.22. The third-order valence-electron chi connectivity index (χ3n) is 5.48. The molecule has 0 aromatic carbocycles. The highest BCUT2D eigenvalue weighted by Crippen LogP contribution is 2.26. The predicted molar refractivity (Wildman–Crippen MR) is 141 cm³/mol. The maximum absolute atomic E-state index is 15.1. The summed E-state index contributed by atoms with van der Waals surface area (Å²) in [7, 11) is 0. The second kappa shape index (κ2) is 11.7. The Bertz CT molecular complexity index is 1460. The van der Waals surface area contributed by atoms with Crippen molar-refractivity contribution < 1.29 is 13.9 Å². The molecule has 0 aliphatic heterocycles. The van der Waals surface area contributed by atoms with Gasteiger partial charge in [-0.1, -0.05) is 0 Å². The van der Waals surface area contributed by atoms with Crippen molar-refractivity contribution >= 4 is 23.3 Å². The zero-order valence-electron chi connectivity index (χ0n) is 22.1. The molecule has 0 unspecified atom stereocenters. The Labute approximate surface area is 224 Å². The van der Waals surface area contributed by atoms with Gasteiger partial charge in [0.15, 0.2) is 17.5 Å². The minimum Gasteiger partial charge on any atom is -0.460 e. The quantitative estimate of drug-likeness (QED) is 0.288. The molecule has 4 heterocycles. The van der Waals surface area contributed by atoms with Gasteiger partial charge < -0.3 is 15.4 Å². The number of anilines is 3. The van der Waals surface area contributed by atoms with Crippen molar-refractivity contribution in [3.05, 3.63) is 66.3 Å². The van der Waals surface area contributed by atoms with E-state index in [1.165, 1.54) is 4.80 Å². The first-order valence-corrected chi connectivity index (χ1v) is 12.3. The largest absolute Gasteiger partial charge is 0.460 e. The van der Waals surface area contributed by atoms with Crippen LogP contribution in [0.5, 0.6) is 0 Å². The van der Waals surface area contributed by atoms with Crippen LogP contribution in [0.3, 0.4) is 0 Å². The summed E-state index contributed by atoms with van der Waals surface area (Å²) >= 11 is 0. The van der Waals surface area contributed by atoms with Crippen LogP contribution in [0.25, 0.3) is 5.69 Å². The molecule has 1 atom stereocenters. The van der Waals surface area contributed by atoms with Gasteiger partial charge in [-0.05, 0) is 52.3 Å². The molecular formula is C26H29FN10O2. The van der Waals surface area contributed by atoms with E-state index in [-0.39, 0.29) is 29.6 Å². The molecule has 0 aliphatic rings. The van der Waals surface area contributed by atoms with Crippen molar-refractivity contribution in [3.63, 3.8) is 0 Å². The Morgan fingerprint density at radius 3 is 2.62 bits per heavy atom. The van der Waals surface area contributed by atoms with Crippen molar-refractivity contribution in [3.8, 4) is 11.8 Å². The lowest BCUT2D eigenvalue weighted by atomic mass is 10.1. The first kappa shape index (κ1) is 27.2. The highest BCUT2D eigenvalue weighted by atomic mass is 19.1. The van der Waals surface area contributed by atoms with E-state index in [1.807, 2.05) is 13.0 Å². The number of halogens is 1. The van der Waals surface area contributed by atoms with Crippen molar-refractivity contribution in [2.45, 2.75) is 58.7 Å². The van der Waals surface area contributed by atoms with Crippen LogP contribution < -0.4 is 10.6 Å². The van der Waals surface area contributed by atoms with Gasteiger partial charge in [0.25, 0.3) is 0 Å². The zero-order chi connectivity index (χ0) is 28.0. The smallest absolute Gasteiger partial charge is 0.306 e. The molecule has 4 rings (SSSR count). The van der Waals surface area contributed by atoms with Crippen LogP contribution in [0.1, 0.15) is 44.9 Å². The molecule has 12 nitrogen and oxygen atoms in total. The van der Waals surface area contributed by atoms with Gasteiger partial charge in [0, 0.05) is 24.9 Å². The molecule has 0 saturated carbocycles. The summed E-state index contributed by atoms with van der Waals surface area (Å²) in [5.74, 6) is -1.01. The predicted octanol–water partition coefficient (Wildman–Crippen LogP) is 3.92. The van der Waals surface area contributed by atoms with Crippen LogP contribution in [0.4, 0.5) is 21.7 Å². The SMILES string of the molecule is Cc1ncc(Nc2nc(N[C@@H](CCC(=O)OC(C)(C)C)Cn3cccn3)c(F)cc2C#N)cc1-n1nccn1. The van der Waals surface area contributed by atoms with Crippen LogP contribution >= 0.6 is 0 Å². The molecule has 0 radical (unpaired) electrons. The van der Waals surface area contributed by atoms with Gasteiger partial charge in [0.05, 0.1) is 42.1 Å². The van der Waals surface area contributed by atoms with Gasteiger partial charge >= 0.3 is 5.97 Å². The normalized spacial score (nSPS) is 12.0. The molecule has 0 amide bonds. The van der Waals surface area contributed by atoms with Gasteiger partial charge in [-0.15, -0.1) is 4.80 Å². The summed E-state index contributed by atoms with van der Waals surface area (Å²) < 4.78 is 22.2. The number of pyridine rings is 2. The van der Waals surface area contributed by atoms with E-state index >= 15 is 4.39 Å². The first-order valence-electron chi connectivity index (χ1n) is 12.3. The molecule has 4 aromatic heterocycles. The maximum Gasteiger partial charge on any atom is 0.306 e. The standard InChI is InChI=1S/C26H29FN10O2/c1-17-22(37-31-9-10-32-37)13-20(15-29-17)34-24-18(14-28)12-21(27)25(35-24)33-19(16-36-11-5-8-30-36)6-7-23(38)39-26(2,3)4/h5,8-13,15,19H,6-7,16H2,1-4H3,(H2,33,34,35)/t19-/m0/s1. The first-order chi connectivity index (χ1) is 18.6. The van der Waals surface area contributed by atoms with Gasteiger partial charge in [0.2, 0.25) is 0 Å². The number of aromatic nitrogens is 7. The molecule has 202 valence electrons. The highest BCUT2D eigenvalue weighted by molar-refractivity contribution is 5.70. The number of esters is 1. The number of hydrogen-bond donors (Lipinski definition) is 2. The second-order valence-electron chi connectivity index (χ2n) is 9.79. The minimum atomic E-state index is -0.705. The zero-order valence-corrected chi connectivity index (χ0v) is 22.1. The summed E-state index contributed by atoms with van der Waals surface area (Å²) in [6, 6.07) is 6.18. The van der Waals surface area contributed by atoms with Crippen molar-refractivity contribution in [1.82, 2.24) is 34.7 Å². The number of aryl methyl sites for hydroxylation is 1. The number of hydrogen-bond acceptors (Lipinski definition) is 10. The van der Waals surface area contributed by atoms with Crippen LogP contribution in [-0.4, -0.2) is 52.4 Å². The van der Waals surface area contributed by atoms with E-state index < -0.39 is 17.5 Å².